The Morgan fingerprint density at radius 1 is 0.894 bits per heavy atom. The van der Waals surface area contributed by atoms with Crippen LogP contribution >= 0.6 is 0 Å². The Morgan fingerprint density at radius 3 is 2.02 bits per heavy atom. The molecule has 2 aliphatic heterocycles. The van der Waals surface area contributed by atoms with E-state index in [0.717, 1.165) is 57.8 Å². The van der Waals surface area contributed by atoms with Crippen LogP contribution in [0.4, 0.5) is 4.79 Å². The van der Waals surface area contributed by atoms with Gasteiger partial charge in [0, 0.05) is 13.5 Å². The number of amides is 4. The predicted octanol–water partition coefficient (Wildman–Crippen LogP) is 4.22. The van der Waals surface area contributed by atoms with Crippen LogP contribution in [0.3, 0.4) is 0 Å². The lowest BCUT2D eigenvalue weighted by molar-refractivity contribution is -0.143. The average molecular weight is 679 g/mol. The number of nitrogens with zero attached hydrogens (tertiary/aromatic N) is 1. The highest BCUT2D eigenvalue weighted by Crippen LogP contribution is 2.65. The number of carbonyl (C=O) groups is 5. The number of hydrogen-bond donors (Lipinski definition) is 3. The van der Waals surface area contributed by atoms with Crippen LogP contribution in [0, 0.1) is 17.3 Å². The molecule has 3 N–H and O–H groups in total. The number of sulfone groups is 1. The molecule has 47 heavy (non-hydrogen) atoms. The zero-order valence-corrected chi connectivity index (χ0v) is 30.2. The third-order valence-corrected chi connectivity index (χ3v) is 14.2. The fourth-order valence-electron chi connectivity index (χ4n) is 8.17. The first-order chi connectivity index (χ1) is 21.9. The third-order valence-electron chi connectivity index (χ3n) is 11.4. The lowest BCUT2D eigenvalue weighted by Crippen LogP contribution is -2.62. The first-order valence-electron chi connectivity index (χ1n) is 17.9. The molecule has 0 spiro atoms. The molecule has 4 rings (SSSR count). The minimum atomic E-state index is -3.54. The molecule has 0 bridgehead atoms. The normalized spacial score (nSPS) is 30.3. The van der Waals surface area contributed by atoms with Gasteiger partial charge in [-0.15, -0.1) is 0 Å². The molecule has 2 saturated heterocycles. The Kier molecular flexibility index (Phi) is 11.5. The van der Waals surface area contributed by atoms with E-state index in [1.54, 1.807) is 25.7 Å². The van der Waals surface area contributed by atoms with Gasteiger partial charge in [0.15, 0.2) is 15.6 Å². The van der Waals surface area contributed by atoms with E-state index in [0.29, 0.717) is 38.6 Å². The molecule has 2 saturated carbocycles. The zero-order chi connectivity index (χ0) is 34.8. The van der Waals surface area contributed by atoms with Crippen LogP contribution in [0.25, 0.3) is 0 Å². The van der Waals surface area contributed by atoms with E-state index in [9.17, 15) is 32.4 Å². The van der Waals surface area contributed by atoms with E-state index in [2.05, 4.69) is 29.8 Å². The van der Waals surface area contributed by atoms with Crippen molar-refractivity contribution in [3.8, 4) is 0 Å². The Morgan fingerprint density at radius 2 is 1.45 bits per heavy atom. The second-order valence-electron chi connectivity index (χ2n) is 16.3. The zero-order valence-electron chi connectivity index (χ0n) is 29.4. The topological polar surface area (TPSA) is 159 Å². The number of hydrogen-bond acceptors (Lipinski definition) is 7. The largest absolute Gasteiger partial charge is 0.344 e. The van der Waals surface area contributed by atoms with Gasteiger partial charge in [0.25, 0.3) is 0 Å². The molecule has 2 aliphatic carbocycles. The molecule has 4 aliphatic rings. The Balaban J connectivity index is 1.58. The van der Waals surface area contributed by atoms with Crippen molar-refractivity contribution in [3.05, 3.63) is 0 Å². The SMILES string of the molecule is CC(=O)C(=O)[C@@H]1CCCCCCCCC[C@H](NC(=O)NC2(CS(=O)(=O)C(C)(C)C)CCCCC2)C(=O)N2C[C@H]3[C@@H]([C@H]2C(=O)N1)C3(C)C. The van der Waals surface area contributed by atoms with Gasteiger partial charge in [-0.05, 0) is 63.7 Å². The second kappa shape index (κ2) is 14.5. The number of rotatable bonds is 6. The van der Waals surface area contributed by atoms with Crippen LogP contribution < -0.4 is 16.0 Å². The van der Waals surface area contributed by atoms with Gasteiger partial charge in [-0.3, -0.25) is 19.2 Å². The molecule has 12 heteroatoms. The van der Waals surface area contributed by atoms with Crippen molar-refractivity contribution in [1.29, 1.82) is 0 Å². The van der Waals surface area contributed by atoms with Crippen molar-refractivity contribution in [3.63, 3.8) is 0 Å². The molecular formula is C35H58N4O7S. The Hall–Kier alpha value is -2.50. The molecule has 2 heterocycles. The lowest BCUT2D eigenvalue weighted by atomic mass is 9.83. The van der Waals surface area contributed by atoms with E-state index in [4.69, 9.17) is 0 Å². The maximum atomic E-state index is 14.3. The minimum Gasteiger partial charge on any atom is -0.344 e. The molecule has 266 valence electrons. The van der Waals surface area contributed by atoms with Crippen molar-refractivity contribution in [2.45, 2.75) is 160 Å². The standard InChI is InChI=1S/C35H58N4O7S/c1-23(40)29(41)25-17-13-10-8-7-9-11-14-18-26(31(43)39-21-24-27(34(24,5)6)28(39)30(42)36-25)37-32(44)38-35(19-15-12-16-20-35)22-47(45,46)33(2,3)4/h24-28H,7-22H2,1-6H3,(H,36,42)(H2,37,38,44)/t24-,25-,26-,27-,28-/m0/s1. The van der Waals surface area contributed by atoms with E-state index in [1.165, 1.54) is 6.92 Å². The minimum absolute atomic E-state index is 0.0963. The number of piperidine rings is 1. The first kappa shape index (κ1) is 37.3. The number of carbonyl (C=O) groups excluding carboxylic acids is 5. The fourth-order valence-corrected chi connectivity index (χ4v) is 9.69. The van der Waals surface area contributed by atoms with Crippen LogP contribution in [0.5, 0.6) is 0 Å². The molecule has 0 unspecified atom stereocenters. The van der Waals surface area contributed by atoms with Crippen molar-refractivity contribution >= 4 is 39.2 Å². The van der Waals surface area contributed by atoms with Crippen LogP contribution in [-0.2, 0) is 29.0 Å². The van der Waals surface area contributed by atoms with Crippen molar-refractivity contribution in [2.75, 3.05) is 12.3 Å². The van der Waals surface area contributed by atoms with Crippen LogP contribution in [0.15, 0.2) is 0 Å². The molecule has 0 radical (unpaired) electrons. The van der Waals surface area contributed by atoms with Crippen molar-refractivity contribution < 1.29 is 32.4 Å². The number of urea groups is 1. The summed E-state index contributed by atoms with van der Waals surface area (Å²) in [6.45, 7) is 10.7. The van der Waals surface area contributed by atoms with Crippen LogP contribution in [0.2, 0.25) is 0 Å². The van der Waals surface area contributed by atoms with Gasteiger partial charge >= 0.3 is 6.03 Å². The Labute approximate surface area is 281 Å². The van der Waals surface area contributed by atoms with E-state index >= 15 is 0 Å². The summed E-state index contributed by atoms with van der Waals surface area (Å²) in [5, 5.41) is 8.80. The van der Waals surface area contributed by atoms with Gasteiger partial charge in [0.1, 0.15) is 12.1 Å². The summed E-state index contributed by atoms with van der Waals surface area (Å²) >= 11 is 0. The quantitative estimate of drug-likeness (QED) is 0.355. The summed E-state index contributed by atoms with van der Waals surface area (Å²) in [6, 6.07) is -3.21. The van der Waals surface area contributed by atoms with Gasteiger partial charge in [0.05, 0.1) is 22.1 Å². The van der Waals surface area contributed by atoms with Gasteiger partial charge in [-0.25, -0.2) is 13.2 Å². The number of fused-ring (bicyclic) bond motifs is 3. The highest BCUT2D eigenvalue weighted by Gasteiger charge is 2.69. The molecule has 0 aromatic rings. The highest BCUT2D eigenvalue weighted by molar-refractivity contribution is 7.92. The predicted molar refractivity (Wildman–Crippen MR) is 180 cm³/mol. The lowest BCUT2D eigenvalue weighted by Gasteiger charge is -2.40. The summed E-state index contributed by atoms with van der Waals surface area (Å²) in [4.78, 5) is 68.4. The Bertz CT molecular complexity index is 1320. The molecule has 4 fully saturated rings. The summed E-state index contributed by atoms with van der Waals surface area (Å²) in [5.41, 5.74) is -1.08. The maximum absolute atomic E-state index is 14.3. The number of Topliss-reactive ketones (excluding diaryl/α,β-unsaturated/α-hetero) is 2. The number of nitrogens with one attached hydrogen (secondary N) is 3. The molecule has 11 nitrogen and oxygen atoms in total. The van der Waals surface area contributed by atoms with Gasteiger partial charge < -0.3 is 20.9 Å². The molecule has 4 amide bonds. The first-order valence-corrected chi connectivity index (χ1v) is 19.5. The molecule has 5 atom stereocenters. The molecule has 0 aromatic heterocycles. The van der Waals surface area contributed by atoms with Crippen molar-refractivity contribution in [1.82, 2.24) is 20.9 Å². The van der Waals surface area contributed by atoms with Crippen LogP contribution in [-0.4, -0.2) is 83.4 Å². The van der Waals surface area contributed by atoms with Gasteiger partial charge in [-0.1, -0.05) is 78.1 Å². The van der Waals surface area contributed by atoms with Gasteiger partial charge in [-0.2, -0.15) is 0 Å². The summed E-state index contributed by atoms with van der Waals surface area (Å²) in [5.74, 6) is -2.15. The van der Waals surface area contributed by atoms with E-state index in [1.807, 2.05) is 0 Å². The summed E-state index contributed by atoms with van der Waals surface area (Å²) < 4.78 is 25.6. The fraction of sp³-hybridized carbons (Fsp3) is 0.857. The monoisotopic (exact) mass is 678 g/mol. The average Bonchev–Trinajstić information content (AvgIpc) is 3.29. The number of ketones is 2. The highest BCUT2D eigenvalue weighted by atomic mass is 32.2. The summed E-state index contributed by atoms with van der Waals surface area (Å²) in [7, 11) is -3.54. The van der Waals surface area contributed by atoms with Crippen LogP contribution in [0.1, 0.15) is 131 Å². The second-order valence-corrected chi connectivity index (χ2v) is 19.0. The summed E-state index contributed by atoms with van der Waals surface area (Å²) in [6.07, 6.45) is 10.6. The molecule has 0 aromatic carbocycles. The molecular weight excluding hydrogens is 620 g/mol. The van der Waals surface area contributed by atoms with Gasteiger partial charge in [0.2, 0.25) is 17.6 Å². The van der Waals surface area contributed by atoms with Crippen molar-refractivity contribution in [2.24, 2.45) is 17.3 Å². The third kappa shape index (κ3) is 8.57. The van der Waals surface area contributed by atoms with E-state index < -0.39 is 61.8 Å². The van der Waals surface area contributed by atoms with E-state index in [-0.39, 0.29) is 28.9 Å². The smallest absolute Gasteiger partial charge is 0.315 e. The maximum Gasteiger partial charge on any atom is 0.315 e.